The molecule has 20 heavy (non-hydrogen) atoms. The van der Waals surface area contributed by atoms with Gasteiger partial charge in [0, 0.05) is 28.8 Å². The Balaban J connectivity index is 1.80. The predicted octanol–water partition coefficient (Wildman–Crippen LogP) is 4.54. The number of nitrogens with zero attached hydrogens (tertiary/aromatic N) is 1. The van der Waals surface area contributed by atoms with Gasteiger partial charge in [-0.2, -0.15) is 0 Å². The van der Waals surface area contributed by atoms with Gasteiger partial charge < -0.3 is 10.1 Å². The normalized spacial score (nSPS) is 14.3. The lowest BCUT2D eigenvalue weighted by atomic mass is 10.2. The van der Waals surface area contributed by atoms with Crippen molar-refractivity contribution in [2.45, 2.75) is 25.4 Å². The summed E-state index contributed by atoms with van der Waals surface area (Å²) in [6.07, 6.45) is 6.03. The lowest BCUT2D eigenvalue weighted by Crippen LogP contribution is -2.15. The lowest BCUT2D eigenvalue weighted by molar-refractivity contribution is 0.470. The number of pyridine rings is 1. The number of rotatable bonds is 5. The molecule has 0 bridgehead atoms. The molecule has 1 saturated carbocycles. The van der Waals surface area contributed by atoms with Crippen molar-refractivity contribution in [2.24, 2.45) is 0 Å². The van der Waals surface area contributed by atoms with Crippen molar-refractivity contribution in [2.75, 3.05) is 0 Å². The zero-order valence-electron chi connectivity index (χ0n) is 10.8. The standard InChI is InChI=1S/C15H14BrClN2O/c16-11-1-4-13(17)14(7-11)20-15-9-18-6-5-10(15)8-19-12-2-3-12/h1,4-7,9,12,19H,2-3,8H2. The minimum absolute atomic E-state index is 0.582. The molecular formula is C15H14BrClN2O. The fourth-order valence-corrected chi connectivity index (χ4v) is 2.36. The smallest absolute Gasteiger partial charge is 0.150 e. The average molecular weight is 354 g/mol. The predicted molar refractivity (Wildman–Crippen MR) is 83.3 cm³/mol. The van der Waals surface area contributed by atoms with E-state index in [0.717, 1.165) is 22.3 Å². The van der Waals surface area contributed by atoms with E-state index in [0.29, 0.717) is 16.8 Å². The van der Waals surface area contributed by atoms with Gasteiger partial charge >= 0.3 is 0 Å². The van der Waals surface area contributed by atoms with Crippen molar-refractivity contribution in [3.05, 3.63) is 51.7 Å². The zero-order valence-corrected chi connectivity index (χ0v) is 13.1. The second-order valence-electron chi connectivity index (χ2n) is 4.82. The van der Waals surface area contributed by atoms with Crippen molar-refractivity contribution < 1.29 is 4.74 Å². The molecule has 2 aromatic rings. The Bertz CT molecular complexity index is 617. The van der Waals surface area contributed by atoms with Gasteiger partial charge in [-0.15, -0.1) is 0 Å². The lowest BCUT2D eigenvalue weighted by Gasteiger charge is -2.12. The monoisotopic (exact) mass is 352 g/mol. The Morgan fingerprint density at radius 3 is 2.95 bits per heavy atom. The van der Waals surface area contributed by atoms with Crippen LogP contribution in [0.5, 0.6) is 11.5 Å². The van der Waals surface area contributed by atoms with Crippen LogP contribution < -0.4 is 10.1 Å². The quantitative estimate of drug-likeness (QED) is 0.857. The van der Waals surface area contributed by atoms with Crippen LogP contribution in [0.3, 0.4) is 0 Å². The fourth-order valence-electron chi connectivity index (χ4n) is 1.86. The van der Waals surface area contributed by atoms with Crippen molar-refractivity contribution >= 4 is 27.5 Å². The molecule has 1 aliphatic carbocycles. The van der Waals surface area contributed by atoms with Gasteiger partial charge in [0.1, 0.15) is 11.5 Å². The summed E-state index contributed by atoms with van der Waals surface area (Å²) in [5.41, 5.74) is 1.09. The second kappa shape index (κ2) is 6.12. The highest BCUT2D eigenvalue weighted by atomic mass is 79.9. The van der Waals surface area contributed by atoms with Gasteiger partial charge in [0.15, 0.2) is 0 Å². The average Bonchev–Trinajstić information content (AvgIpc) is 3.26. The first-order chi connectivity index (χ1) is 9.72. The van der Waals surface area contributed by atoms with Gasteiger partial charge in [-0.05, 0) is 37.1 Å². The number of halogens is 2. The molecule has 3 rings (SSSR count). The number of hydrogen-bond acceptors (Lipinski definition) is 3. The van der Waals surface area contributed by atoms with Crippen LogP contribution in [0.2, 0.25) is 5.02 Å². The summed E-state index contributed by atoms with van der Waals surface area (Å²) >= 11 is 9.57. The molecule has 104 valence electrons. The van der Waals surface area contributed by atoms with E-state index in [1.165, 1.54) is 12.8 Å². The van der Waals surface area contributed by atoms with Gasteiger partial charge in [0.2, 0.25) is 0 Å². The van der Waals surface area contributed by atoms with Crippen molar-refractivity contribution in [3.63, 3.8) is 0 Å². The molecule has 1 fully saturated rings. The Morgan fingerprint density at radius 2 is 2.15 bits per heavy atom. The highest BCUT2D eigenvalue weighted by molar-refractivity contribution is 9.10. The minimum Gasteiger partial charge on any atom is -0.454 e. The van der Waals surface area contributed by atoms with Crippen LogP contribution in [0.1, 0.15) is 18.4 Å². The molecule has 0 aliphatic heterocycles. The number of hydrogen-bond donors (Lipinski definition) is 1. The maximum absolute atomic E-state index is 6.15. The topological polar surface area (TPSA) is 34.1 Å². The van der Waals surface area contributed by atoms with Crippen LogP contribution in [0.15, 0.2) is 41.1 Å². The van der Waals surface area contributed by atoms with E-state index in [4.69, 9.17) is 16.3 Å². The first-order valence-corrected chi connectivity index (χ1v) is 7.68. The Hall–Kier alpha value is -1.10. The van der Waals surface area contributed by atoms with Gasteiger partial charge in [0.25, 0.3) is 0 Å². The largest absolute Gasteiger partial charge is 0.454 e. The Labute approximate surface area is 131 Å². The number of nitrogens with one attached hydrogen (secondary N) is 1. The maximum atomic E-state index is 6.15. The Kier molecular flexibility index (Phi) is 4.24. The van der Waals surface area contributed by atoms with Crippen molar-refractivity contribution in [1.29, 1.82) is 0 Å². The fraction of sp³-hybridized carbons (Fsp3) is 0.267. The summed E-state index contributed by atoms with van der Waals surface area (Å²) in [4.78, 5) is 4.13. The maximum Gasteiger partial charge on any atom is 0.150 e. The van der Waals surface area contributed by atoms with Crippen LogP contribution in [0, 0.1) is 0 Å². The summed E-state index contributed by atoms with van der Waals surface area (Å²) in [6.45, 7) is 0.786. The van der Waals surface area contributed by atoms with E-state index in [1.807, 2.05) is 18.2 Å². The van der Waals surface area contributed by atoms with Crippen LogP contribution in [-0.4, -0.2) is 11.0 Å². The first-order valence-electron chi connectivity index (χ1n) is 6.51. The van der Waals surface area contributed by atoms with Crippen LogP contribution in [0.4, 0.5) is 0 Å². The van der Waals surface area contributed by atoms with Gasteiger partial charge in [-0.3, -0.25) is 4.98 Å². The third-order valence-electron chi connectivity index (χ3n) is 3.14. The van der Waals surface area contributed by atoms with E-state index in [-0.39, 0.29) is 0 Å². The summed E-state index contributed by atoms with van der Waals surface area (Å²) in [6, 6.07) is 8.17. The second-order valence-corrected chi connectivity index (χ2v) is 6.14. The van der Waals surface area contributed by atoms with Gasteiger partial charge in [-0.1, -0.05) is 27.5 Å². The van der Waals surface area contributed by atoms with E-state index in [2.05, 4.69) is 26.2 Å². The number of ether oxygens (including phenoxy) is 1. The number of benzene rings is 1. The minimum atomic E-state index is 0.582. The van der Waals surface area contributed by atoms with Crippen LogP contribution in [-0.2, 0) is 6.54 Å². The molecule has 1 aromatic carbocycles. The molecule has 5 heteroatoms. The van der Waals surface area contributed by atoms with Gasteiger partial charge in [-0.25, -0.2) is 0 Å². The van der Waals surface area contributed by atoms with Gasteiger partial charge in [0.05, 0.1) is 11.2 Å². The van der Waals surface area contributed by atoms with Crippen molar-refractivity contribution in [3.8, 4) is 11.5 Å². The zero-order chi connectivity index (χ0) is 13.9. The summed E-state index contributed by atoms with van der Waals surface area (Å²) in [5, 5.41) is 4.06. The highest BCUT2D eigenvalue weighted by Crippen LogP contribution is 2.33. The molecule has 0 atom stereocenters. The molecule has 0 amide bonds. The molecule has 0 saturated heterocycles. The van der Waals surface area contributed by atoms with Crippen LogP contribution >= 0.6 is 27.5 Å². The summed E-state index contributed by atoms with van der Waals surface area (Å²) in [7, 11) is 0. The van der Waals surface area contributed by atoms with E-state index in [1.54, 1.807) is 18.5 Å². The van der Waals surface area contributed by atoms with E-state index < -0.39 is 0 Å². The Morgan fingerprint density at radius 1 is 1.30 bits per heavy atom. The SMILES string of the molecule is Clc1ccc(Br)cc1Oc1cnccc1CNC1CC1. The molecule has 1 N–H and O–H groups in total. The summed E-state index contributed by atoms with van der Waals surface area (Å²) in [5.74, 6) is 1.36. The highest BCUT2D eigenvalue weighted by Gasteiger charge is 2.20. The molecule has 0 radical (unpaired) electrons. The van der Waals surface area contributed by atoms with E-state index in [9.17, 15) is 0 Å². The van der Waals surface area contributed by atoms with Crippen molar-refractivity contribution in [1.82, 2.24) is 10.3 Å². The van der Waals surface area contributed by atoms with Crippen LogP contribution in [0.25, 0.3) is 0 Å². The first kappa shape index (κ1) is 13.9. The summed E-state index contributed by atoms with van der Waals surface area (Å²) < 4.78 is 6.84. The molecule has 0 spiro atoms. The molecule has 1 heterocycles. The number of aromatic nitrogens is 1. The molecule has 3 nitrogen and oxygen atoms in total. The third-order valence-corrected chi connectivity index (χ3v) is 3.95. The third kappa shape index (κ3) is 3.51. The van der Waals surface area contributed by atoms with E-state index >= 15 is 0 Å². The molecule has 1 aliphatic rings. The molecular weight excluding hydrogens is 340 g/mol. The molecule has 1 aromatic heterocycles. The molecule has 0 unspecified atom stereocenters.